The molecule has 0 aliphatic heterocycles. The van der Waals surface area contributed by atoms with E-state index in [1.807, 2.05) is 60.4 Å². The zero-order valence-corrected chi connectivity index (χ0v) is 15.2. The van der Waals surface area contributed by atoms with Gasteiger partial charge in [-0.3, -0.25) is 4.79 Å². The van der Waals surface area contributed by atoms with Crippen LogP contribution in [-0.4, -0.2) is 17.4 Å². The Bertz CT molecular complexity index is 782. The van der Waals surface area contributed by atoms with E-state index in [1.165, 1.54) is 5.56 Å². The lowest BCUT2D eigenvalue weighted by Crippen LogP contribution is -2.31. The fraction of sp³-hybridized carbons (Fsp3) is 0.261. The van der Waals surface area contributed by atoms with E-state index < -0.39 is 0 Å². The predicted molar refractivity (Wildman–Crippen MR) is 104 cm³/mol. The van der Waals surface area contributed by atoms with E-state index in [2.05, 4.69) is 24.3 Å². The van der Waals surface area contributed by atoms with Crippen molar-refractivity contribution in [1.82, 2.24) is 4.90 Å². The summed E-state index contributed by atoms with van der Waals surface area (Å²) < 4.78 is 5.68. The van der Waals surface area contributed by atoms with Gasteiger partial charge in [-0.15, -0.1) is 0 Å². The van der Waals surface area contributed by atoms with Crippen LogP contribution in [0.2, 0.25) is 0 Å². The maximum atomic E-state index is 12.5. The molecule has 0 N–H and O–H groups in total. The molecule has 3 nitrogen and oxygen atoms in total. The first-order valence-corrected chi connectivity index (χ1v) is 9.18. The second-order valence-corrected chi connectivity index (χ2v) is 6.42. The lowest BCUT2D eigenvalue weighted by molar-refractivity contribution is -0.131. The molecule has 1 aromatic heterocycles. The minimum atomic E-state index is 0.147. The van der Waals surface area contributed by atoms with Crippen LogP contribution >= 0.6 is 0 Å². The van der Waals surface area contributed by atoms with Crippen molar-refractivity contribution < 1.29 is 9.21 Å². The number of rotatable bonds is 8. The molecule has 0 saturated carbocycles. The van der Waals surface area contributed by atoms with Gasteiger partial charge in [0.2, 0.25) is 5.91 Å². The Morgan fingerprint density at radius 2 is 1.65 bits per heavy atom. The maximum absolute atomic E-state index is 12.5. The van der Waals surface area contributed by atoms with Crippen LogP contribution in [0.15, 0.2) is 83.5 Å². The molecule has 0 bridgehead atoms. The minimum absolute atomic E-state index is 0.147. The third-order valence-corrected chi connectivity index (χ3v) is 4.65. The molecule has 1 atom stereocenters. The van der Waals surface area contributed by atoms with Crippen molar-refractivity contribution in [3.05, 3.63) is 95.9 Å². The Labute approximate surface area is 155 Å². The number of nitrogens with zero attached hydrogens (tertiary/aromatic N) is 1. The third-order valence-electron chi connectivity index (χ3n) is 4.65. The fourth-order valence-corrected chi connectivity index (χ4v) is 3.25. The highest BCUT2D eigenvalue weighted by Crippen LogP contribution is 2.28. The smallest absolute Gasteiger partial charge is 0.222 e. The Balaban J connectivity index is 1.75. The molecular weight excluding hydrogens is 322 g/mol. The highest BCUT2D eigenvalue weighted by atomic mass is 16.3. The van der Waals surface area contributed by atoms with E-state index in [0.29, 0.717) is 19.5 Å². The largest absolute Gasteiger partial charge is 0.469 e. The molecule has 0 spiro atoms. The van der Waals surface area contributed by atoms with Gasteiger partial charge in [0.1, 0.15) is 5.76 Å². The standard InChI is InChI=1S/C23H25NO2/c1-2-23(25)24(18-19-10-5-3-6-11-19)16-15-21(22-14-9-17-26-22)20-12-7-4-8-13-20/h3-14,17,21H,2,15-16,18H2,1H3/t21-/m1/s1. The number of carbonyl (C=O) groups is 1. The molecule has 1 heterocycles. The van der Waals surface area contributed by atoms with Gasteiger partial charge in [0, 0.05) is 25.4 Å². The summed E-state index contributed by atoms with van der Waals surface area (Å²) in [7, 11) is 0. The van der Waals surface area contributed by atoms with Gasteiger partial charge in [-0.25, -0.2) is 0 Å². The summed E-state index contributed by atoms with van der Waals surface area (Å²) in [5.74, 6) is 1.27. The van der Waals surface area contributed by atoms with Crippen LogP contribution in [0, 0.1) is 0 Å². The molecule has 26 heavy (non-hydrogen) atoms. The van der Waals surface area contributed by atoms with Crippen molar-refractivity contribution in [2.24, 2.45) is 0 Å². The average Bonchev–Trinajstić information content (AvgIpc) is 3.23. The number of furan rings is 1. The molecule has 3 aromatic rings. The first kappa shape index (κ1) is 18.0. The number of hydrogen-bond donors (Lipinski definition) is 0. The molecular formula is C23H25NO2. The summed E-state index contributed by atoms with van der Waals surface area (Å²) >= 11 is 0. The third kappa shape index (κ3) is 4.63. The van der Waals surface area contributed by atoms with Gasteiger partial charge in [-0.2, -0.15) is 0 Å². The van der Waals surface area contributed by atoms with Crippen molar-refractivity contribution in [3.63, 3.8) is 0 Å². The average molecular weight is 347 g/mol. The molecule has 0 radical (unpaired) electrons. The Kier molecular flexibility index (Phi) is 6.26. The van der Waals surface area contributed by atoms with Crippen molar-refractivity contribution in [1.29, 1.82) is 0 Å². The van der Waals surface area contributed by atoms with Crippen LogP contribution in [0.1, 0.15) is 42.6 Å². The molecule has 134 valence electrons. The van der Waals surface area contributed by atoms with Crippen LogP contribution in [0.3, 0.4) is 0 Å². The van der Waals surface area contributed by atoms with E-state index in [1.54, 1.807) is 6.26 Å². The van der Waals surface area contributed by atoms with E-state index in [0.717, 1.165) is 17.7 Å². The van der Waals surface area contributed by atoms with Crippen molar-refractivity contribution in [3.8, 4) is 0 Å². The highest BCUT2D eigenvalue weighted by molar-refractivity contribution is 5.75. The summed E-state index contributed by atoms with van der Waals surface area (Å²) in [5.41, 5.74) is 2.37. The molecule has 0 unspecified atom stereocenters. The first-order chi connectivity index (χ1) is 12.8. The zero-order valence-electron chi connectivity index (χ0n) is 15.2. The summed E-state index contributed by atoms with van der Waals surface area (Å²) in [6, 6.07) is 24.4. The van der Waals surface area contributed by atoms with E-state index in [9.17, 15) is 4.79 Å². The first-order valence-electron chi connectivity index (χ1n) is 9.18. The zero-order chi connectivity index (χ0) is 18.2. The monoisotopic (exact) mass is 347 g/mol. The summed E-state index contributed by atoms with van der Waals surface area (Å²) in [6.45, 7) is 3.26. The Hall–Kier alpha value is -2.81. The molecule has 0 saturated heterocycles. The van der Waals surface area contributed by atoms with Crippen LogP contribution in [0.25, 0.3) is 0 Å². The van der Waals surface area contributed by atoms with Gasteiger partial charge in [-0.05, 0) is 29.7 Å². The van der Waals surface area contributed by atoms with Gasteiger partial charge in [-0.1, -0.05) is 67.6 Å². The normalized spacial score (nSPS) is 11.9. The number of amides is 1. The van der Waals surface area contributed by atoms with Crippen LogP contribution in [0.5, 0.6) is 0 Å². The summed E-state index contributed by atoms with van der Waals surface area (Å²) in [4.78, 5) is 14.4. The van der Waals surface area contributed by atoms with Crippen LogP contribution in [0.4, 0.5) is 0 Å². The highest BCUT2D eigenvalue weighted by Gasteiger charge is 2.20. The maximum Gasteiger partial charge on any atom is 0.222 e. The van der Waals surface area contributed by atoms with E-state index in [4.69, 9.17) is 4.42 Å². The quantitative estimate of drug-likeness (QED) is 0.558. The van der Waals surface area contributed by atoms with Gasteiger partial charge >= 0.3 is 0 Å². The summed E-state index contributed by atoms with van der Waals surface area (Å²) in [5, 5.41) is 0. The Morgan fingerprint density at radius 3 is 2.27 bits per heavy atom. The summed E-state index contributed by atoms with van der Waals surface area (Å²) in [6.07, 6.45) is 3.06. The second kappa shape index (κ2) is 9.04. The van der Waals surface area contributed by atoms with E-state index >= 15 is 0 Å². The van der Waals surface area contributed by atoms with Crippen molar-refractivity contribution in [2.75, 3.05) is 6.54 Å². The lowest BCUT2D eigenvalue weighted by atomic mass is 9.93. The van der Waals surface area contributed by atoms with E-state index in [-0.39, 0.29) is 11.8 Å². The van der Waals surface area contributed by atoms with Crippen LogP contribution < -0.4 is 0 Å². The van der Waals surface area contributed by atoms with Gasteiger partial charge in [0.15, 0.2) is 0 Å². The molecule has 2 aromatic carbocycles. The fourth-order valence-electron chi connectivity index (χ4n) is 3.25. The molecule has 1 amide bonds. The van der Waals surface area contributed by atoms with Crippen molar-refractivity contribution >= 4 is 5.91 Å². The molecule has 0 aliphatic carbocycles. The molecule has 0 fully saturated rings. The molecule has 3 rings (SSSR count). The Morgan fingerprint density at radius 1 is 0.962 bits per heavy atom. The number of hydrogen-bond acceptors (Lipinski definition) is 2. The lowest BCUT2D eigenvalue weighted by Gasteiger charge is -2.25. The number of carbonyl (C=O) groups excluding carboxylic acids is 1. The van der Waals surface area contributed by atoms with Crippen molar-refractivity contribution in [2.45, 2.75) is 32.2 Å². The van der Waals surface area contributed by atoms with Gasteiger partial charge in [0.05, 0.1) is 6.26 Å². The molecule has 3 heteroatoms. The van der Waals surface area contributed by atoms with Crippen LogP contribution in [-0.2, 0) is 11.3 Å². The topological polar surface area (TPSA) is 33.5 Å². The SMILES string of the molecule is CCC(=O)N(CC[C@H](c1ccccc1)c1ccco1)Cc1ccccc1. The second-order valence-electron chi connectivity index (χ2n) is 6.42. The minimum Gasteiger partial charge on any atom is -0.469 e. The van der Waals surface area contributed by atoms with Gasteiger partial charge in [0.25, 0.3) is 0 Å². The number of benzene rings is 2. The van der Waals surface area contributed by atoms with Gasteiger partial charge < -0.3 is 9.32 Å². The molecule has 0 aliphatic rings. The predicted octanol–water partition coefficient (Wildman–Crippen LogP) is 5.24.